The van der Waals surface area contributed by atoms with Crippen molar-refractivity contribution >= 4 is 33.3 Å². The zero-order valence-electron chi connectivity index (χ0n) is 20.2. The molecule has 1 amide bonds. The van der Waals surface area contributed by atoms with Crippen molar-refractivity contribution in [3.05, 3.63) is 87.4 Å². The summed E-state index contributed by atoms with van der Waals surface area (Å²) < 4.78 is 11.4. The predicted octanol–water partition coefficient (Wildman–Crippen LogP) is 5.60. The number of halogens is 1. The van der Waals surface area contributed by atoms with Gasteiger partial charge in [0.25, 0.3) is 5.91 Å². The monoisotopic (exact) mass is 537 g/mol. The van der Waals surface area contributed by atoms with Gasteiger partial charge in [-0.3, -0.25) is 9.59 Å². The second kappa shape index (κ2) is 9.84. The molecule has 1 heterocycles. The number of nitrogens with zero attached hydrogens (tertiary/aromatic N) is 1. The number of rotatable bonds is 8. The Morgan fingerprint density at radius 2 is 1.69 bits per heavy atom. The van der Waals surface area contributed by atoms with Gasteiger partial charge in [-0.25, -0.2) is 0 Å². The van der Waals surface area contributed by atoms with Gasteiger partial charge < -0.3 is 19.5 Å². The third-order valence-electron chi connectivity index (χ3n) is 6.40. The zero-order valence-corrected chi connectivity index (χ0v) is 21.8. The molecule has 0 bridgehead atoms. The van der Waals surface area contributed by atoms with E-state index in [9.17, 15) is 14.7 Å². The summed E-state index contributed by atoms with van der Waals surface area (Å²) in [6.07, 6.45) is -0.348. The van der Waals surface area contributed by atoms with E-state index in [2.05, 4.69) is 29.8 Å². The number of benzene rings is 3. The minimum Gasteiger partial charge on any atom is -0.493 e. The average molecular weight is 538 g/mol. The van der Waals surface area contributed by atoms with E-state index < -0.39 is 11.5 Å². The standard InChI is InChI=1S/C28H28BrNO5/c1-17(2)19-6-8-20(9-7-19)24(31)15-28(33)22-14-21(29)10-11-23(22)30(27(28)32)16-18-5-12-25(34-3)26(13-18)35-4/h5-14,17,33H,15-16H2,1-4H3/t28-/m0/s1. The average Bonchev–Trinajstić information content (AvgIpc) is 3.05. The molecule has 0 aliphatic carbocycles. The van der Waals surface area contributed by atoms with E-state index in [1.165, 1.54) is 4.90 Å². The number of hydrogen-bond donors (Lipinski definition) is 1. The molecule has 1 atom stereocenters. The van der Waals surface area contributed by atoms with Crippen LogP contribution < -0.4 is 14.4 Å². The van der Waals surface area contributed by atoms with Gasteiger partial charge in [0, 0.05) is 15.6 Å². The highest BCUT2D eigenvalue weighted by Crippen LogP contribution is 2.45. The van der Waals surface area contributed by atoms with Gasteiger partial charge in [0.05, 0.1) is 32.9 Å². The van der Waals surface area contributed by atoms with E-state index in [1.54, 1.807) is 50.6 Å². The molecule has 0 fully saturated rings. The molecule has 7 heteroatoms. The number of amides is 1. The van der Waals surface area contributed by atoms with Gasteiger partial charge in [0.2, 0.25) is 0 Å². The molecular formula is C28H28BrNO5. The van der Waals surface area contributed by atoms with Gasteiger partial charge in [-0.2, -0.15) is 0 Å². The van der Waals surface area contributed by atoms with E-state index in [-0.39, 0.29) is 18.7 Å². The fourth-order valence-corrected chi connectivity index (χ4v) is 4.76. The molecule has 0 saturated heterocycles. The van der Waals surface area contributed by atoms with Gasteiger partial charge in [0.15, 0.2) is 22.9 Å². The molecule has 4 rings (SSSR count). The van der Waals surface area contributed by atoms with Crippen molar-refractivity contribution in [2.75, 3.05) is 19.1 Å². The van der Waals surface area contributed by atoms with Crippen LogP contribution in [-0.2, 0) is 16.9 Å². The molecular weight excluding hydrogens is 510 g/mol. The Morgan fingerprint density at radius 3 is 2.31 bits per heavy atom. The van der Waals surface area contributed by atoms with Crippen molar-refractivity contribution in [1.82, 2.24) is 0 Å². The normalized spacial score (nSPS) is 17.0. The largest absolute Gasteiger partial charge is 0.493 e. The van der Waals surface area contributed by atoms with E-state index in [4.69, 9.17) is 9.47 Å². The number of carbonyl (C=O) groups excluding carboxylic acids is 2. The first-order valence-electron chi connectivity index (χ1n) is 11.4. The van der Waals surface area contributed by atoms with Gasteiger partial charge in [-0.15, -0.1) is 0 Å². The molecule has 0 aromatic heterocycles. The molecule has 1 aliphatic rings. The van der Waals surface area contributed by atoms with Crippen LogP contribution >= 0.6 is 15.9 Å². The third-order valence-corrected chi connectivity index (χ3v) is 6.89. The van der Waals surface area contributed by atoms with Crippen molar-refractivity contribution in [2.45, 2.75) is 38.3 Å². The van der Waals surface area contributed by atoms with Crippen molar-refractivity contribution in [2.24, 2.45) is 0 Å². The lowest BCUT2D eigenvalue weighted by Crippen LogP contribution is -2.41. The first-order valence-corrected chi connectivity index (χ1v) is 12.2. The second-order valence-electron chi connectivity index (χ2n) is 8.98. The lowest BCUT2D eigenvalue weighted by Gasteiger charge is -2.23. The number of anilines is 1. The van der Waals surface area contributed by atoms with E-state index in [0.29, 0.717) is 38.7 Å². The van der Waals surface area contributed by atoms with Crippen LogP contribution in [0.1, 0.15) is 53.2 Å². The van der Waals surface area contributed by atoms with Gasteiger partial charge in [-0.05, 0) is 47.4 Å². The lowest BCUT2D eigenvalue weighted by atomic mass is 9.87. The van der Waals surface area contributed by atoms with Gasteiger partial charge >= 0.3 is 0 Å². The minimum absolute atomic E-state index is 0.202. The van der Waals surface area contributed by atoms with Crippen LogP contribution in [0.15, 0.2) is 65.1 Å². The van der Waals surface area contributed by atoms with Crippen molar-refractivity contribution in [3.63, 3.8) is 0 Å². The van der Waals surface area contributed by atoms with Crippen molar-refractivity contribution < 1.29 is 24.2 Å². The molecule has 0 unspecified atom stereocenters. The van der Waals surface area contributed by atoms with Crippen LogP contribution in [0.2, 0.25) is 0 Å². The predicted molar refractivity (Wildman–Crippen MR) is 138 cm³/mol. The molecule has 0 saturated carbocycles. The Labute approximate surface area is 213 Å². The topological polar surface area (TPSA) is 76.1 Å². The summed E-state index contributed by atoms with van der Waals surface area (Å²) in [5.74, 6) is 0.638. The summed E-state index contributed by atoms with van der Waals surface area (Å²) in [4.78, 5) is 28.3. The molecule has 1 N–H and O–H groups in total. The maximum Gasteiger partial charge on any atom is 0.264 e. The van der Waals surface area contributed by atoms with Gasteiger partial charge in [0.1, 0.15) is 0 Å². The molecule has 0 radical (unpaired) electrons. The molecule has 1 aliphatic heterocycles. The number of ether oxygens (including phenoxy) is 2. The summed E-state index contributed by atoms with van der Waals surface area (Å²) in [6, 6.07) is 18.0. The van der Waals surface area contributed by atoms with Crippen LogP contribution in [0, 0.1) is 0 Å². The highest BCUT2D eigenvalue weighted by atomic mass is 79.9. The molecule has 6 nitrogen and oxygen atoms in total. The van der Waals surface area contributed by atoms with E-state index in [1.807, 2.05) is 24.3 Å². The quantitative estimate of drug-likeness (QED) is 0.378. The second-order valence-corrected chi connectivity index (χ2v) is 9.89. The smallest absolute Gasteiger partial charge is 0.264 e. The maximum atomic E-state index is 13.6. The molecule has 3 aromatic rings. The maximum absolute atomic E-state index is 13.6. The number of carbonyl (C=O) groups is 2. The summed E-state index contributed by atoms with van der Waals surface area (Å²) in [5, 5.41) is 11.7. The van der Waals surface area contributed by atoms with Crippen LogP contribution in [0.4, 0.5) is 5.69 Å². The van der Waals surface area contributed by atoms with Crippen LogP contribution in [0.3, 0.4) is 0 Å². The lowest BCUT2D eigenvalue weighted by molar-refractivity contribution is -0.136. The Morgan fingerprint density at radius 1 is 1.00 bits per heavy atom. The third kappa shape index (κ3) is 4.70. The molecule has 182 valence electrons. The van der Waals surface area contributed by atoms with Crippen molar-refractivity contribution in [3.8, 4) is 11.5 Å². The van der Waals surface area contributed by atoms with Crippen LogP contribution in [0.5, 0.6) is 11.5 Å². The highest BCUT2D eigenvalue weighted by molar-refractivity contribution is 9.10. The summed E-state index contributed by atoms with van der Waals surface area (Å²) >= 11 is 3.43. The SMILES string of the molecule is COc1ccc(CN2C(=O)[C@](O)(CC(=O)c3ccc(C(C)C)cc3)c3cc(Br)ccc32)cc1OC. The summed E-state index contributed by atoms with van der Waals surface area (Å²) in [6.45, 7) is 4.37. The summed E-state index contributed by atoms with van der Waals surface area (Å²) in [7, 11) is 3.11. The molecule has 0 spiro atoms. The molecule has 35 heavy (non-hydrogen) atoms. The zero-order chi connectivity index (χ0) is 25.3. The Bertz CT molecular complexity index is 1270. The minimum atomic E-state index is -1.97. The first-order chi connectivity index (χ1) is 16.7. The molecule has 3 aromatic carbocycles. The fourth-order valence-electron chi connectivity index (χ4n) is 4.40. The number of Topliss-reactive ketones (excluding diaryl/α,β-unsaturated/α-hetero) is 1. The van der Waals surface area contributed by atoms with Crippen molar-refractivity contribution in [1.29, 1.82) is 0 Å². The number of hydrogen-bond acceptors (Lipinski definition) is 5. The van der Waals surface area contributed by atoms with E-state index >= 15 is 0 Å². The first kappa shape index (κ1) is 24.9. The fraction of sp³-hybridized carbons (Fsp3) is 0.286. The Hall–Kier alpha value is -3.16. The number of methoxy groups -OCH3 is 2. The number of fused-ring (bicyclic) bond motifs is 1. The summed E-state index contributed by atoms with van der Waals surface area (Å²) in [5.41, 5.74) is 1.38. The van der Waals surface area contributed by atoms with E-state index in [0.717, 1.165) is 11.1 Å². The highest BCUT2D eigenvalue weighted by Gasteiger charge is 2.51. The number of aliphatic hydroxyl groups is 1. The number of ketones is 1. The van der Waals surface area contributed by atoms with Crippen LogP contribution in [-0.4, -0.2) is 31.0 Å². The Balaban J connectivity index is 1.66. The van der Waals surface area contributed by atoms with Gasteiger partial charge in [-0.1, -0.05) is 60.1 Å². The Kier molecular flexibility index (Phi) is 7.01. The van der Waals surface area contributed by atoms with Crippen LogP contribution in [0.25, 0.3) is 0 Å².